The highest BCUT2D eigenvalue weighted by Gasteiger charge is 2.34. The maximum absolute atomic E-state index is 13.5. The molecule has 0 saturated heterocycles. The fourth-order valence-electron chi connectivity index (χ4n) is 3.48. The Balaban J connectivity index is 1.80. The van der Waals surface area contributed by atoms with Crippen molar-refractivity contribution in [2.45, 2.75) is 6.04 Å². The van der Waals surface area contributed by atoms with Gasteiger partial charge < -0.3 is 10.1 Å². The van der Waals surface area contributed by atoms with Gasteiger partial charge >= 0.3 is 0 Å². The van der Waals surface area contributed by atoms with Crippen LogP contribution >= 0.6 is 0 Å². The predicted octanol–water partition coefficient (Wildman–Crippen LogP) is 2.27. The summed E-state index contributed by atoms with van der Waals surface area (Å²) in [5.74, 6) is 0.589. The summed E-state index contributed by atoms with van der Waals surface area (Å²) in [4.78, 5) is 12.6. The van der Waals surface area contributed by atoms with Crippen LogP contribution in [0.3, 0.4) is 0 Å². The van der Waals surface area contributed by atoms with E-state index in [0.29, 0.717) is 28.5 Å². The number of hydrogen-bond donors (Lipinski definition) is 2. The number of nitrogens with one attached hydrogen (secondary N) is 2. The molecule has 0 radical (unpaired) electrons. The Morgan fingerprint density at radius 1 is 1.17 bits per heavy atom. The van der Waals surface area contributed by atoms with Gasteiger partial charge in [0.2, 0.25) is 5.95 Å². The van der Waals surface area contributed by atoms with E-state index < -0.39 is 11.6 Å². The van der Waals surface area contributed by atoms with E-state index in [1.54, 1.807) is 23.9 Å². The number of aromatic amines is 1. The van der Waals surface area contributed by atoms with Gasteiger partial charge in [0.25, 0.3) is 5.56 Å². The van der Waals surface area contributed by atoms with Crippen LogP contribution < -0.4 is 15.6 Å². The molecule has 29 heavy (non-hydrogen) atoms. The zero-order chi connectivity index (χ0) is 20.0. The summed E-state index contributed by atoms with van der Waals surface area (Å²) in [6, 6.07) is 12.7. The number of fused-ring (bicyclic) bond motifs is 2. The maximum atomic E-state index is 13.5. The summed E-state index contributed by atoms with van der Waals surface area (Å²) in [5.41, 5.74) is 2.43. The van der Waals surface area contributed by atoms with Crippen LogP contribution in [0.15, 0.2) is 53.3 Å². The van der Waals surface area contributed by atoms with Crippen molar-refractivity contribution in [2.24, 2.45) is 0 Å². The highest BCUT2D eigenvalue weighted by Crippen LogP contribution is 2.41. The summed E-state index contributed by atoms with van der Waals surface area (Å²) in [7, 11) is 1.57. The molecule has 5 rings (SSSR count). The first kappa shape index (κ1) is 17.0. The van der Waals surface area contributed by atoms with E-state index >= 15 is 0 Å². The lowest BCUT2D eigenvalue weighted by Crippen LogP contribution is -2.29. The quantitative estimate of drug-likeness (QED) is 0.485. The second-order valence-corrected chi connectivity index (χ2v) is 6.45. The van der Waals surface area contributed by atoms with Crippen LogP contribution in [0, 0.1) is 5.82 Å². The van der Waals surface area contributed by atoms with Crippen LogP contribution in [0.1, 0.15) is 17.2 Å². The molecule has 0 aliphatic carbocycles. The molecule has 1 aliphatic heterocycles. The molecule has 0 spiro atoms. The third kappa shape index (κ3) is 2.73. The third-order valence-electron chi connectivity index (χ3n) is 4.80. The van der Waals surface area contributed by atoms with E-state index in [-0.39, 0.29) is 11.5 Å². The minimum atomic E-state index is -0.576. The maximum Gasteiger partial charge on any atom is 0.288 e. The van der Waals surface area contributed by atoms with Crippen molar-refractivity contribution in [1.29, 1.82) is 0 Å². The molecule has 10 heteroatoms. The molecule has 2 aromatic carbocycles. The van der Waals surface area contributed by atoms with Crippen LogP contribution in [-0.4, -0.2) is 37.5 Å². The Morgan fingerprint density at radius 2 is 2.00 bits per heavy atom. The second kappa shape index (κ2) is 6.51. The number of halogens is 1. The van der Waals surface area contributed by atoms with E-state index in [0.717, 1.165) is 5.56 Å². The second-order valence-electron chi connectivity index (χ2n) is 6.45. The van der Waals surface area contributed by atoms with Gasteiger partial charge in [0.1, 0.15) is 23.3 Å². The van der Waals surface area contributed by atoms with Gasteiger partial charge in [-0.2, -0.15) is 9.78 Å². The molecule has 1 aliphatic rings. The fourth-order valence-corrected chi connectivity index (χ4v) is 3.48. The van der Waals surface area contributed by atoms with E-state index in [2.05, 4.69) is 31.0 Å². The molecule has 0 bridgehead atoms. The van der Waals surface area contributed by atoms with Crippen LogP contribution in [0.4, 0.5) is 16.0 Å². The molecule has 1 unspecified atom stereocenters. The summed E-state index contributed by atoms with van der Waals surface area (Å²) < 4.78 is 20.4. The number of tetrazole rings is 1. The molecule has 1 atom stereocenters. The van der Waals surface area contributed by atoms with Crippen molar-refractivity contribution in [3.8, 4) is 17.0 Å². The van der Waals surface area contributed by atoms with Crippen molar-refractivity contribution in [1.82, 2.24) is 30.4 Å². The fraction of sp³-hybridized carbons (Fsp3) is 0.105. The van der Waals surface area contributed by atoms with Gasteiger partial charge in [-0.25, -0.2) is 9.49 Å². The standard InChI is InChI=1S/C19H14FN7O2/c1-29-13-4-2-3-11(9-13)15-14-16(18(28)23-22-15)21-19-24-25-26-27(19)17(14)10-5-7-12(20)8-6-10/h2-9,17H,1H3,(H,23,28)(H,21,24,26). The number of aromatic nitrogens is 6. The number of hydrogen-bond acceptors (Lipinski definition) is 7. The minimum absolute atomic E-state index is 0.287. The van der Waals surface area contributed by atoms with Crippen molar-refractivity contribution in [2.75, 3.05) is 12.4 Å². The Hall–Kier alpha value is -4.08. The number of nitrogens with zero attached hydrogens (tertiary/aromatic N) is 5. The van der Waals surface area contributed by atoms with Crippen molar-refractivity contribution < 1.29 is 9.13 Å². The minimum Gasteiger partial charge on any atom is -0.497 e. The van der Waals surface area contributed by atoms with Crippen LogP contribution in [0.25, 0.3) is 11.3 Å². The monoisotopic (exact) mass is 391 g/mol. The lowest BCUT2D eigenvalue weighted by molar-refractivity contribution is 0.415. The van der Waals surface area contributed by atoms with Gasteiger partial charge in [0.15, 0.2) is 0 Å². The van der Waals surface area contributed by atoms with Gasteiger partial charge in [0.05, 0.1) is 12.8 Å². The van der Waals surface area contributed by atoms with Crippen molar-refractivity contribution in [3.63, 3.8) is 0 Å². The lowest BCUT2D eigenvalue weighted by Gasteiger charge is -2.27. The zero-order valence-corrected chi connectivity index (χ0v) is 15.1. The van der Waals surface area contributed by atoms with Crippen molar-refractivity contribution >= 4 is 11.6 Å². The first-order valence-corrected chi connectivity index (χ1v) is 8.73. The largest absolute Gasteiger partial charge is 0.497 e. The average Bonchev–Trinajstić information content (AvgIpc) is 3.22. The van der Waals surface area contributed by atoms with Crippen LogP contribution in [0.2, 0.25) is 0 Å². The first-order chi connectivity index (χ1) is 14.2. The number of rotatable bonds is 3. The highest BCUT2D eigenvalue weighted by molar-refractivity contribution is 5.76. The number of benzene rings is 2. The van der Waals surface area contributed by atoms with Gasteiger partial charge in [-0.1, -0.05) is 29.4 Å². The number of methoxy groups -OCH3 is 1. The van der Waals surface area contributed by atoms with E-state index in [4.69, 9.17) is 4.74 Å². The van der Waals surface area contributed by atoms with Crippen LogP contribution in [0.5, 0.6) is 5.75 Å². The number of ether oxygens (including phenoxy) is 1. The molecule has 0 saturated carbocycles. The summed E-state index contributed by atoms with van der Waals surface area (Å²) in [5, 5.41) is 21.5. The van der Waals surface area contributed by atoms with Gasteiger partial charge in [-0.05, 0) is 40.3 Å². The average molecular weight is 391 g/mol. The molecule has 2 N–H and O–H groups in total. The van der Waals surface area contributed by atoms with Crippen molar-refractivity contribution in [3.05, 3.63) is 75.8 Å². The topological polar surface area (TPSA) is 111 Å². The number of anilines is 2. The molecule has 3 heterocycles. The molecule has 2 aromatic heterocycles. The molecular weight excluding hydrogens is 377 g/mol. The normalized spacial score (nSPS) is 14.6. The number of H-pyrrole nitrogens is 1. The zero-order valence-electron chi connectivity index (χ0n) is 15.1. The smallest absolute Gasteiger partial charge is 0.288 e. The van der Waals surface area contributed by atoms with E-state index in [9.17, 15) is 9.18 Å². The SMILES string of the molecule is COc1cccc(-c2n[nH]c(=O)c3c2C(c2ccc(F)cc2)n2nnnc2N3)c1. The summed E-state index contributed by atoms with van der Waals surface area (Å²) >= 11 is 0. The molecule has 4 aromatic rings. The third-order valence-corrected chi connectivity index (χ3v) is 4.80. The highest BCUT2D eigenvalue weighted by atomic mass is 19.1. The lowest BCUT2D eigenvalue weighted by atomic mass is 9.92. The Labute approximate surface area is 163 Å². The Kier molecular flexibility index (Phi) is 3.83. The van der Waals surface area contributed by atoms with E-state index in [1.165, 1.54) is 12.1 Å². The van der Waals surface area contributed by atoms with Gasteiger partial charge in [-0.3, -0.25) is 4.79 Å². The predicted molar refractivity (Wildman–Crippen MR) is 102 cm³/mol. The molecule has 0 amide bonds. The molecule has 9 nitrogen and oxygen atoms in total. The summed E-state index contributed by atoms with van der Waals surface area (Å²) in [6.07, 6.45) is 0. The first-order valence-electron chi connectivity index (χ1n) is 8.73. The molecule has 0 fully saturated rings. The molecular formula is C19H14FN7O2. The molecule has 144 valence electrons. The summed E-state index contributed by atoms with van der Waals surface area (Å²) in [6.45, 7) is 0. The van der Waals surface area contributed by atoms with Gasteiger partial charge in [0, 0.05) is 11.1 Å². The van der Waals surface area contributed by atoms with Crippen LogP contribution in [-0.2, 0) is 0 Å². The Bertz CT molecular complexity index is 1270. The van der Waals surface area contributed by atoms with E-state index in [1.807, 2.05) is 24.3 Å². The Morgan fingerprint density at radius 3 is 2.79 bits per heavy atom. The van der Waals surface area contributed by atoms with Gasteiger partial charge in [-0.15, -0.1) is 0 Å².